The molecule has 1 aliphatic rings. The fourth-order valence-corrected chi connectivity index (χ4v) is 3.35. The van der Waals surface area contributed by atoms with E-state index in [1.165, 1.54) is 24.3 Å². The molecule has 0 aliphatic carbocycles. The van der Waals surface area contributed by atoms with Crippen LogP contribution in [0.3, 0.4) is 0 Å². The Bertz CT molecular complexity index is 616. The maximum atomic E-state index is 13.3. The SMILES string of the molecule is CC(C)N1CCC(OC(c2ccc(F)cc2)c2ccc(F)cc2)CC1. The van der Waals surface area contributed by atoms with Crippen molar-refractivity contribution >= 4 is 0 Å². The standard InChI is InChI=1S/C21H25F2NO/c1-15(2)24-13-11-20(12-14-24)25-21(16-3-7-18(22)8-4-16)17-5-9-19(23)10-6-17/h3-10,15,20-21H,11-14H2,1-2H3. The molecule has 2 nitrogen and oxygen atoms in total. The summed E-state index contributed by atoms with van der Waals surface area (Å²) in [5, 5.41) is 0. The lowest BCUT2D eigenvalue weighted by atomic mass is 9.99. The summed E-state index contributed by atoms with van der Waals surface area (Å²) in [6, 6.07) is 13.3. The van der Waals surface area contributed by atoms with Gasteiger partial charge in [0.15, 0.2) is 0 Å². The number of hydrogen-bond donors (Lipinski definition) is 0. The molecule has 134 valence electrons. The van der Waals surface area contributed by atoms with Crippen molar-refractivity contribution in [3.63, 3.8) is 0 Å². The van der Waals surface area contributed by atoms with Gasteiger partial charge < -0.3 is 9.64 Å². The van der Waals surface area contributed by atoms with Gasteiger partial charge in [-0.25, -0.2) is 8.78 Å². The van der Waals surface area contributed by atoms with Gasteiger partial charge in [-0.15, -0.1) is 0 Å². The van der Waals surface area contributed by atoms with E-state index in [1.807, 2.05) is 0 Å². The minimum Gasteiger partial charge on any atom is -0.365 e. The first-order valence-corrected chi connectivity index (χ1v) is 8.93. The highest BCUT2D eigenvalue weighted by molar-refractivity contribution is 5.30. The van der Waals surface area contributed by atoms with Crippen molar-refractivity contribution in [2.45, 2.75) is 44.9 Å². The molecule has 2 aromatic rings. The van der Waals surface area contributed by atoms with E-state index < -0.39 is 0 Å². The third-order valence-electron chi connectivity index (χ3n) is 4.88. The van der Waals surface area contributed by atoms with Crippen molar-refractivity contribution < 1.29 is 13.5 Å². The zero-order valence-corrected chi connectivity index (χ0v) is 14.8. The van der Waals surface area contributed by atoms with Crippen LogP contribution >= 0.6 is 0 Å². The second kappa shape index (κ2) is 8.07. The van der Waals surface area contributed by atoms with Gasteiger partial charge in [0.25, 0.3) is 0 Å². The number of nitrogens with zero attached hydrogens (tertiary/aromatic N) is 1. The summed E-state index contributed by atoms with van der Waals surface area (Å²) >= 11 is 0. The quantitative estimate of drug-likeness (QED) is 0.761. The van der Waals surface area contributed by atoms with Crippen molar-refractivity contribution in [1.29, 1.82) is 0 Å². The number of hydrogen-bond acceptors (Lipinski definition) is 2. The molecule has 0 radical (unpaired) electrons. The molecule has 0 spiro atoms. The molecule has 0 N–H and O–H groups in total. The zero-order chi connectivity index (χ0) is 17.8. The van der Waals surface area contributed by atoms with E-state index in [2.05, 4.69) is 18.7 Å². The average molecular weight is 345 g/mol. The van der Waals surface area contributed by atoms with E-state index >= 15 is 0 Å². The van der Waals surface area contributed by atoms with Gasteiger partial charge in [0.1, 0.15) is 17.7 Å². The van der Waals surface area contributed by atoms with Crippen molar-refractivity contribution in [3.8, 4) is 0 Å². The third kappa shape index (κ3) is 4.65. The molecule has 1 fully saturated rings. The second-order valence-electron chi connectivity index (χ2n) is 6.95. The van der Waals surface area contributed by atoms with Gasteiger partial charge >= 0.3 is 0 Å². The van der Waals surface area contributed by atoms with E-state index in [0.717, 1.165) is 37.1 Å². The van der Waals surface area contributed by atoms with Crippen LogP contribution < -0.4 is 0 Å². The van der Waals surface area contributed by atoms with E-state index in [0.29, 0.717) is 6.04 Å². The minimum absolute atomic E-state index is 0.148. The van der Waals surface area contributed by atoms with Gasteiger partial charge in [-0.05, 0) is 62.1 Å². The fraction of sp³-hybridized carbons (Fsp3) is 0.429. The van der Waals surface area contributed by atoms with Crippen LogP contribution in [0.25, 0.3) is 0 Å². The normalized spacial score (nSPS) is 16.7. The Kier molecular flexibility index (Phi) is 5.82. The Balaban J connectivity index is 1.77. The van der Waals surface area contributed by atoms with Crippen molar-refractivity contribution in [2.75, 3.05) is 13.1 Å². The first-order valence-electron chi connectivity index (χ1n) is 8.93. The number of ether oxygens (including phenoxy) is 1. The molecule has 1 saturated heterocycles. The molecule has 0 amide bonds. The number of likely N-dealkylation sites (tertiary alicyclic amines) is 1. The van der Waals surface area contributed by atoms with Crippen LogP contribution in [0.1, 0.15) is 43.9 Å². The van der Waals surface area contributed by atoms with Crippen LogP contribution in [0.15, 0.2) is 48.5 Å². The maximum absolute atomic E-state index is 13.3. The lowest BCUT2D eigenvalue weighted by Crippen LogP contribution is -2.41. The Labute approximate surface area is 148 Å². The predicted molar refractivity (Wildman–Crippen MR) is 95.5 cm³/mol. The van der Waals surface area contributed by atoms with E-state index in [1.54, 1.807) is 24.3 Å². The molecule has 3 rings (SSSR count). The van der Waals surface area contributed by atoms with E-state index in [9.17, 15) is 8.78 Å². The molecule has 1 aliphatic heterocycles. The third-order valence-corrected chi connectivity index (χ3v) is 4.88. The Morgan fingerprint density at radius 3 is 1.68 bits per heavy atom. The average Bonchev–Trinajstić information content (AvgIpc) is 2.62. The number of piperidine rings is 1. The molecular weight excluding hydrogens is 320 g/mol. The number of halogens is 2. The maximum Gasteiger partial charge on any atom is 0.123 e. The highest BCUT2D eigenvalue weighted by Gasteiger charge is 2.25. The first-order chi connectivity index (χ1) is 12.0. The van der Waals surface area contributed by atoms with Crippen molar-refractivity contribution in [3.05, 3.63) is 71.3 Å². The summed E-state index contributed by atoms with van der Waals surface area (Å²) in [6.45, 7) is 6.45. The highest BCUT2D eigenvalue weighted by atomic mass is 19.1. The topological polar surface area (TPSA) is 12.5 Å². The molecule has 0 unspecified atom stereocenters. The fourth-order valence-electron chi connectivity index (χ4n) is 3.35. The summed E-state index contributed by atoms with van der Waals surface area (Å²) in [5.74, 6) is -0.543. The van der Waals surface area contributed by atoms with Gasteiger partial charge in [0.05, 0.1) is 6.10 Å². The summed E-state index contributed by atoms with van der Waals surface area (Å²) in [4.78, 5) is 2.45. The molecule has 1 heterocycles. The van der Waals surface area contributed by atoms with Crippen LogP contribution in [0.2, 0.25) is 0 Å². The lowest BCUT2D eigenvalue weighted by molar-refractivity contribution is -0.0312. The van der Waals surface area contributed by atoms with Crippen LogP contribution in [-0.4, -0.2) is 30.1 Å². The highest BCUT2D eigenvalue weighted by Crippen LogP contribution is 2.30. The molecule has 2 aromatic carbocycles. The predicted octanol–water partition coefficient (Wildman–Crippen LogP) is 4.94. The van der Waals surface area contributed by atoms with Gasteiger partial charge in [-0.3, -0.25) is 0 Å². The molecule has 0 bridgehead atoms. The van der Waals surface area contributed by atoms with Crippen molar-refractivity contribution in [2.24, 2.45) is 0 Å². The van der Waals surface area contributed by atoms with Crippen LogP contribution in [0.5, 0.6) is 0 Å². The largest absolute Gasteiger partial charge is 0.365 e. The Morgan fingerprint density at radius 1 is 0.840 bits per heavy atom. The van der Waals surface area contributed by atoms with Crippen molar-refractivity contribution in [1.82, 2.24) is 4.90 Å². The lowest BCUT2D eigenvalue weighted by Gasteiger charge is -2.36. The number of rotatable bonds is 5. The smallest absolute Gasteiger partial charge is 0.123 e. The molecule has 0 atom stereocenters. The monoisotopic (exact) mass is 345 g/mol. The van der Waals surface area contributed by atoms with Gasteiger partial charge in [-0.1, -0.05) is 24.3 Å². The van der Waals surface area contributed by atoms with Crippen LogP contribution in [0, 0.1) is 11.6 Å². The summed E-state index contributed by atoms with van der Waals surface area (Å²) in [7, 11) is 0. The molecule has 0 aromatic heterocycles. The summed E-state index contributed by atoms with van der Waals surface area (Å²) < 4.78 is 33.0. The molecule has 25 heavy (non-hydrogen) atoms. The Hall–Kier alpha value is -1.78. The van der Waals surface area contributed by atoms with E-state index in [-0.39, 0.29) is 23.8 Å². The molecule has 0 saturated carbocycles. The van der Waals surface area contributed by atoms with Gasteiger partial charge in [0, 0.05) is 19.1 Å². The first kappa shape index (κ1) is 18.0. The number of benzene rings is 2. The molecular formula is C21H25F2NO. The molecule has 4 heteroatoms. The Morgan fingerprint density at radius 2 is 1.28 bits per heavy atom. The minimum atomic E-state index is -0.309. The second-order valence-corrected chi connectivity index (χ2v) is 6.95. The van der Waals surface area contributed by atoms with E-state index in [4.69, 9.17) is 4.74 Å². The van der Waals surface area contributed by atoms with Gasteiger partial charge in [0.2, 0.25) is 0 Å². The summed E-state index contributed by atoms with van der Waals surface area (Å²) in [6.07, 6.45) is 1.78. The van der Waals surface area contributed by atoms with Gasteiger partial charge in [-0.2, -0.15) is 0 Å². The van der Waals surface area contributed by atoms with Crippen LogP contribution in [-0.2, 0) is 4.74 Å². The summed E-state index contributed by atoms with van der Waals surface area (Å²) in [5.41, 5.74) is 1.78. The zero-order valence-electron chi connectivity index (χ0n) is 14.8. The van der Waals surface area contributed by atoms with Crippen LogP contribution in [0.4, 0.5) is 8.78 Å².